The fraction of sp³-hybridized carbons (Fsp3) is 0.600. The van der Waals surface area contributed by atoms with Crippen LogP contribution in [0.1, 0.15) is 49.5 Å². The van der Waals surface area contributed by atoms with Gasteiger partial charge in [0.05, 0.1) is 13.0 Å². The van der Waals surface area contributed by atoms with Crippen molar-refractivity contribution in [3.05, 3.63) is 35.4 Å². The number of carboxylic acid groups (broad SMARTS) is 1. The predicted octanol–water partition coefficient (Wildman–Crippen LogP) is 2.78. The second-order valence-electron chi connectivity index (χ2n) is 7.48. The first-order valence-electron chi connectivity index (χ1n) is 9.09. The van der Waals surface area contributed by atoms with Gasteiger partial charge in [0.25, 0.3) is 5.91 Å². The third kappa shape index (κ3) is 8.97. The zero-order valence-corrected chi connectivity index (χ0v) is 16.4. The van der Waals surface area contributed by atoms with Gasteiger partial charge in [0.15, 0.2) is 0 Å². The van der Waals surface area contributed by atoms with Gasteiger partial charge in [-0.3, -0.25) is 9.59 Å². The number of hydrogen-bond donors (Lipinski definition) is 2. The number of rotatable bonds is 12. The summed E-state index contributed by atoms with van der Waals surface area (Å²) in [5.41, 5.74) is 1.55. The molecule has 0 atom stereocenters. The maximum atomic E-state index is 12.3. The number of benzene rings is 1. The lowest BCUT2D eigenvalue weighted by Gasteiger charge is -2.24. The summed E-state index contributed by atoms with van der Waals surface area (Å²) < 4.78 is 5.58. The summed E-state index contributed by atoms with van der Waals surface area (Å²) in [4.78, 5) is 24.9. The van der Waals surface area contributed by atoms with Gasteiger partial charge in [0, 0.05) is 37.2 Å². The topological polar surface area (TPSA) is 78.9 Å². The Labute approximate surface area is 156 Å². The largest absolute Gasteiger partial charge is 0.481 e. The number of amides is 1. The lowest BCUT2D eigenvalue weighted by atomic mass is 9.94. The minimum Gasteiger partial charge on any atom is -0.481 e. The average molecular weight is 364 g/mol. The van der Waals surface area contributed by atoms with E-state index in [4.69, 9.17) is 9.84 Å². The van der Waals surface area contributed by atoms with Crippen molar-refractivity contribution in [2.45, 2.75) is 40.2 Å². The third-order valence-corrected chi connectivity index (χ3v) is 3.94. The van der Waals surface area contributed by atoms with Crippen LogP contribution in [0, 0.1) is 5.41 Å². The van der Waals surface area contributed by atoms with Gasteiger partial charge in [-0.05, 0) is 31.2 Å². The van der Waals surface area contributed by atoms with Crippen molar-refractivity contribution in [3.63, 3.8) is 0 Å². The lowest BCUT2D eigenvalue weighted by molar-refractivity contribution is -0.137. The number of carbonyl (C=O) groups is 2. The minimum atomic E-state index is -0.799. The molecule has 0 aliphatic heterocycles. The lowest BCUT2D eigenvalue weighted by Crippen LogP contribution is -2.36. The number of aliphatic carboxylic acids is 1. The van der Waals surface area contributed by atoms with Crippen LogP contribution < -0.4 is 5.32 Å². The summed E-state index contributed by atoms with van der Waals surface area (Å²) in [6.07, 6.45) is 1.11. The van der Waals surface area contributed by atoms with E-state index in [1.807, 2.05) is 24.1 Å². The monoisotopic (exact) mass is 364 g/mol. The van der Waals surface area contributed by atoms with Gasteiger partial charge in [-0.15, -0.1) is 0 Å². The second-order valence-corrected chi connectivity index (χ2v) is 7.48. The van der Waals surface area contributed by atoms with Gasteiger partial charge in [-0.25, -0.2) is 0 Å². The van der Waals surface area contributed by atoms with E-state index < -0.39 is 5.97 Å². The summed E-state index contributed by atoms with van der Waals surface area (Å²) in [6.45, 7) is 9.25. The van der Waals surface area contributed by atoms with Gasteiger partial charge >= 0.3 is 5.97 Å². The molecule has 0 saturated heterocycles. The van der Waals surface area contributed by atoms with Crippen molar-refractivity contribution in [1.29, 1.82) is 0 Å². The van der Waals surface area contributed by atoms with Crippen LogP contribution in [0.3, 0.4) is 0 Å². The predicted molar refractivity (Wildman–Crippen MR) is 102 cm³/mol. The van der Waals surface area contributed by atoms with Gasteiger partial charge in [0.1, 0.15) is 0 Å². The normalized spacial score (nSPS) is 11.6. The van der Waals surface area contributed by atoms with E-state index in [0.29, 0.717) is 31.8 Å². The molecule has 6 nitrogen and oxygen atoms in total. The van der Waals surface area contributed by atoms with E-state index in [2.05, 4.69) is 26.1 Å². The van der Waals surface area contributed by atoms with Crippen LogP contribution in [-0.2, 0) is 16.1 Å². The first-order valence-corrected chi connectivity index (χ1v) is 9.09. The molecule has 0 fully saturated rings. The molecule has 0 unspecified atom stereocenters. The highest BCUT2D eigenvalue weighted by atomic mass is 16.5. The van der Waals surface area contributed by atoms with Crippen LogP contribution >= 0.6 is 0 Å². The molecule has 0 aromatic heterocycles. The molecule has 26 heavy (non-hydrogen) atoms. The van der Waals surface area contributed by atoms with E-state index in [-0.39, 0.29) is 17.7 Å². The van der Waals surface area contributed by atoms with Crippen LogP contribution in [0.15, 0.2) is 24.3 Å². The molecule has 0 radical (unpaired) electrons. The average Bonchev–Trinajstić information content (AvgIpc) is 2.59. The number of nitrogens with zero attached hydrogens (tertiary/aromatic N) is 1. The Morgan fingerprint density at radius 1 is 1.23 bits per heavy atom. The molecule has 1 aromatic rings. The summed E-state index contributed by atoms with van der Waals surface area (Å²) in [6, 6.07) is 7.41. The second kappa shape index (κ2) is 10.9. The Morgan fingerprint density at radius 2 is 1.88 bits per heavy atom. The molecule has 0 aliphatic carbocycles. The van der Waals surface area contributed by atoms with Crippen LogP contribution in [0.4, 0.5) is 0 Å². The van der Waals surface area contributed by atoms with E-state index in [1.165, 1.54) is 0 Å². The van der Waals surface area contributed by atoms with Crippen molar-refractivity contribution in [3.8, 4) is 0 Å². The van der Waals surface area contributed by atoms with Crippen LogP contribution in [0.25, 0.3) is 0 Å². The molecule has 0 spiro atoms. The zero-order chi connectivity index (χ0) is 19.6. The molecule has 0 heterocycles. The molecule has 146 valence electrons. The summed E-state index contributed by atoms with van der Waals surface area (Å²) in [5.74, 6) is -0.897. The third-order valence-electron chi connectivity index (χ3n) is 3.94. The number of hydrogen-bond acceptors (Lipinski definition) is 4. The molecule has 1 rings (SSSR count). The standard InChI is InChI=1S/C20H32N2O4/c1-5-12-26-15-20(2,3)14-21-19(25)17-8-6-16(7-9-17)13-22(4)11-10-18(23)24/h6-9H,5,10-15H2,1-4H3,(H,21,25)(H,23,24). The van der Waals surface area contributed by atoms with Gasteiger partial charge in [-0.1, -0.05) is 32.9 Å². The molecule has 0 aliphatic rings. The van der Waals surface area contributed by atoms with Gasteiger partial charge < -0.3 is 20.1 Å². The highest BCUT2D eigenvalue weighted by Gasteiger charge is 2.19. The quantitative estimate of drug-likeness (QED) is 0.558. The molecular formula is C20H32N2O4. The van der Waals surface area contributed by atoms with Gasteiger partial charge in [0.2, 0.25) is 0 Å². The number of ether oxygens (including phenoxy) is 1. The van der Waals surface area contributed by atoms with Crippen LogP contribution in [0.2, 0.25) is 0 Å². The molecule has 6 heteroatoms. The highest BCUT2D eigenvalue weighted by Crippen LogP contribution is 2.15. The van der Waals surface area contributed by atoms with E-state index in [9.17, 15) is 9.59 Å². The highest BCUT2D eigenvalue weighted by molar-refractivity contribution is 5.94. The van der Waals surface area contributed by atoms with Crippen LogP contribution in [0.5, 0.6) is 0 Å². The molecule has 0 saturated carbocycles. The Kier molecular flexibility index (Phi) is 9.30. The van der Waals surface area contributed by atoms with Crippen molar-refractivity contribution in [1.82, 2.24) is 10.2 Å². The Hall–Kier alpha value is -1.92. The first kappa shape index (κ1) is 22.1. The maximum Gasteiger partial charge on any atom is 0.304 e. The SMILES string of the molecule is CCCOCC(C)(C)CNC(=O)c1ccc(CN(C)CCC(=O)O)cc1. The fourth-order valence-electron chi connectivity index (χ4n) is 2.40. The number of carbonyl (C=O) groups excluding carboxylic acids is 1. The summed E-state index contributed by atoms with van der Waals surface area (Å²) in [5, 5.41) is 11.7. The van der Waals surface area contributed by atoms with Crippen molar-refractivity contribution in [2.24, 2.45) is 5.41 Å². The Bertz CT molecular complexity index is 570. The fourth-order valence-corrected chi connectivity index (χ4v) is 2.40. The Morgan fingerprint density at radius 3 is 2.46 bits per heavy atom. The van der Waals surface area contributed by atoms with E-state index in [0.717, 1.165) is 18.6 Å². The summed E-state index contributed by atoms with van der Waals surface area (Å²) >= 11 is 0. The summed E-state index contributed by atoms with van der Waals surface area (Å²) in [7, 11) is 1.88. The first-order chi connectivity index (χ1) is 12.2. The zero-order valence-electron chi connectivity index (χ0n) is 16.4. The van der Waals surface area contributed by atoms with E-state index >= 15 is 0 Å². The molecule has 2 N–H and O–H groups in total. The number of carboxylic acids is 1. The van der Waals surface area contributed by atoms with Crippen LogP contribution in [-0.4, -0.2) is 55.2 Å². The van der Waals surface area contributed by atoms with Crippen molar-refractivity contribution >= 4 is 11.9 Å². The van der Waals surface area contributed by atoms with Crippen molar-refractivity contribution < 1.29 is 19.4 Å². The molecular weight excluding hydrogens is 332 g/mol. The molecule has 1 aromatic carbocycles. The molecule has 1 amide bonds. The molecule has 0 bridgehead atoms. The Balaban J connectivity index is 2.47. The minimum absolute atomic E-state index is 0.0978. The smallest absolute Gasteiger partial charge is 0.304 e. The van der Waals surface area contributed by atoms with Gasteiger partial charge in [-0.2, -0.15) is 0 Å². The maximum absolute atomic E-state index is 12.3. The number of nitrogens with one attached hydrogen (secondary N) is 1. The van der Waals surface area contributed by atoms with Crippen molar-refractivity contribution in [2.75, 3.05) is 33.4 Å². The van der Waals surface area contributed by atoms with E-state index in [1.54, 1.807) is 12.1 Å².